The summed E-state index contributed by atoms with van der Waals surface area (Å²) in [5.41, 5.74) is 4.63. The average molecular weight is 359 g/mol. The summed E-state index contributed by atoms with van der Waals surface area (Å²) in [6.45, 7) is 1.59. The van der Waals surface area contributed by atoms with Crippen molar-refractivity contribution in [3.05, 3.63) is 57.2 Å². The highest BCUT2D eigenvalue weighted by Crippen LogP contribution is 2.35. The molecule has 0 aliphatic carbocycles. The monoisotopic (exact) mass is 358 g/mol. The number of hydrogen-bond donors (Lipinski definition) is 1. The number of hydrogen-bond acceptors (Lipinski definition) is 3. The molecule has 0 aliphatic rings. The number of nitrogens with two attached hydrogens (primary N) is 1. The number of aromatic nitrogens is 1. The van der Waals surface area contributed by atoms with Gasteiger partial charge in [-0.25, -0.2) is 4.98 Å². The lowest BCUT2D eigenvalue weighted by Gasteiger charge is -2.14. The second kappa shape index (κ2) is 5.48. The molecular weight excluding hydrogens is 349 g/mol. The predicted molar refractivity (Wildman–Crippen MR) is 76.0 cm³/mol. The largest absolute Gasteiger partial charge is 0.417 e. The van der Waals surface area contributed by atoms with Gasteiger partial charge in [0.15, 0.2) is 5.78 Å². The molecule has 0 saturated carbocycles. The van der Waals surface area contributed by atoms with E-state index in [0.717, 1.165) is 12.1 Å². The Kier molecular flexibility index (Phi) is 4.04. The van der Waals surface area contributed by atoms with Crippen molar-refractivity contribution in [2.75, 3.05) is 5.73 Å². The van der Waals surface area contributed by atoms with E-state index in [1.165, 1.54) is 18.3 Å². The van der Waals surface area contributed by atoms with E-state index >= 15 is 0 Å². The van der Waals surface area contributed by atoms with Crippen LogP contribution in [0.2, 0.25) is 0 Å². The summed E-state index contributed by atoms with van der Waals surface area (Å²) in [5.74, 6) is -0.881. The van der Waals surface area contributed by atoms with Crippen molar-refractivity contribution in [2.24, 2.45) is 0 Å². The Morgan fingerprint density at radius 2 is 1.95 bits per heavy atom. The smallest absolute Gasteiger partial charge is 0.383 e. The van der Waals surface area contributed by atoms with Gasteiger partial charge in [0.25, 0.3) is 0 Å². The Bertz CT molecular complexity index is 694. The van der Waals surface area contributed by atoms with E-state index in [1.807, 2.05) is 0 Å². The van der Waals surface area contributed by atoms with Crippen LogP contribution in [0.1, 0.15) is 27.0 Å². The molecule has 0 radical (unpaired) electrons. The normalized spacial score (nSPS) is 11.5. The molecule has 21 heavy (non-hydrogen) atoms. The molecule has 0 unspecified atom stereocenters. The number of anilines is 1. The minimum atomic E-state index is -4.64. The number of carbonyl (C=O) groups excluding carboxylic acids is 1. The van der Waals surface area contributed by atoms with Gasteiger partial charge in [0.1, 0.15) is 5.82 Å². The van der Waals surface area contributed by atoms with Crippen LogP contribution in [0.4, 0.5) is 19.0 Å². The fraction of sp³-hybridized carbons (Fsp3) is 0.143. The Labute approximate surface area is 127 Å². The van der Waals surface area contributed by atoms with Crippen LogP contribution in [0.25, 0.3) is 0 Å². The minimum Gasteiger partial charge on any atom is -0.383 e. The number of benzene rings is 1. The van der Waals surface area contributed by atoms with Crippen LogP contribution in [-0.4, -0.2) is 10.8 Å². The van der Waals surface area contributed by atoms with E-state index in [1.54, 1.807) is 6.92 Å². The lowest BCUT2D eigenvalue weighted by atomic mass is 9.96. The van der Waals surface area contributed by atoms with Gasteiger partial charge in [0.2, 0.25) is 0 Å². The van der Waals surface area contributed by atoms with Crippen molar-refractivity contribution < 1.29 is 18.0 Å². The van der Waals surface area contributed by atoms with Crippen LogP contribution in [0, 0.1) is 6.92 Å². The zero-order valence-electron chi connectivity index (χ0n) is 10.8. The highest BCUT2D eigenvalue weighted by atomic mass is 79.9. The van der Waals surface area contributed by atoms with Gasteiger partial charge >= 0.3 is 6.18 Å². The van der Waals surface area contributed by atoms with Crippen molar-refractivity contribution in [1.29, 1.82) is 0 Å². The molecule has 7 heteroatoms. The first-order valence-electron chi connectivity index (χ1n) is 5.84. The van der Waals surface area contributed by atoms with Crippen molar-refractivity contribution in [3.8, 4) is 0 Å². The van der Waals surface area contributed by atoms with E-state index in [2.05, 4.69) is 20.9 Å². The average Bonchev–Trinajstić information content (AvgIpc) is 2.37. The third-order valence-corrected chi connectivity index (χ3v) is 3.44. The second-order valence-electron chi connectivity index (χ2n) is 4.40. The molecule has 0 bridgehead atoms. The third-order valence-electron chi connectivity index (χ3n) is 2.95. The second-order valence-corrected chi connectivity index (χ2v) is 5.32. The first-order valence-corrected chi connectivity index (χ1v) is 6.63. The summed E-state index contributed by atoms with van der Waals surface area (Å²) in [4.78, 5) is 16.2. The number of halogens is 4. The van der Waals surface area contributed by atoms with Gasteiger partial charge in [-0.3, -0.25) is 4.79 Å². The molecule has 2 N–H and O–H groups in total. The molecule has 0 spiro atoms. The number of nitrogen functional groups attached to an aromatic ring is 1. The van der Waals surface area contributed by atoms with E-state index in [4.69, 9.17) is 5.73 Å². The van der Waals surface area contributed by atoms with Crippen LogP contribution < -0.4 is 5.73 Å². The van der Waals surface area contributed by atoms with Gasteiger partial charge in [-0.15, -0.1) is 0 Å². The van der Waals surface area contributed by atoms with E-state index < -0.39 is 23.1 Å². The van der Waals surface area contributed by atoms with Crippen LogP contribution in [0.3, 0.4) is 0 Å². The zero-order valence-corrected chi connectivity index (χ0v) is 12.4. The SMILES string of the molecule is Cc1ccnc(N)c1C(=O)c1ccc(Br)cc1C(F)(F)F. The minimum absolute atomic E-state index is 0.00896. The van der Waals surface area contributed by atoms with Crippen LogP contribution >= 0.6 is 15.9 Å². The number of rotatable bonds is 2. The number of nitrogens with zero attached hydrogens (tertiary/aromatic N) is 1. The maximum absolute atomic E-state index is 13.1. The first-order chi connectivity index (χ1) is 9.71. The summed E-state index contributed by atoms with van der Waals surface area (Å²) >= 11 is 2.97. The lowest BCUT2D eigenvalue weighted by Crippen LogP contribution is -2.16. The molecule has 0 aliphatic heterocycles. The Morgan fingerprint density at radius 1 is 1.29 bits per heavy atom. The van der Waals surface area contributed by atoms with Crippen LogP contribution in [-0.2, 0) is 6.18 Å². The molecule has 0 amide bonds. The fourth-order valence-electron chi connectivity index (χ4n) is 1.96. The standard InChI is InChI=1S/C14H10BrF3N2O/c1-7-4-5-20-13(19)11(7)12(21)9-3-2-8(15)6-10(9)14(16,17)18/h2-6H,1H3,(H2,19,20). The van der Waals surface area contributed by atoms with Crippen LogP contribution in [0.15, 0.2) is 34.9 Å². The molecule has 2 rings (SSSR count). The van der Waals surface area contributed by atoms with Crippen molar-refractivity contribution in [3.63, 3.8) is 0 Å². The van der Waals surface area contributed by atoms with Gasteiger partial charge < -0.3 is 5.73 Å². The highest BCUT2D eigenvalue weighted by molar-refractivity contribution is 9.10. The molecule has 110 valence electrons. The summed E-state index contributed by atoms with van der Waals surface area (Å²) in [7, 11) is 0. The zero-order chi connectivity index (χ0) is 15.8. The summed E-state index contributed by atoms with van der Waals surface area (Å²) < 4.78 is 39.5. The van der Waals surface area contributed by atoms with Crippen molar-refractivity contribution in [1.82, 2.24) is 4.98 Å². The van der Waals surface area contributed by atoms with Gasteiger partial charge in [0, 0.05) is 16.2 Å². The molecule has 2 aromatic rings. The van der Waals surface area contributed by atoms with E-state index in [9.17, 15) is 18.0 Å². The molecule has 3 nitrogen and oxygen atoms in total. The molecule has 0 atom stereocenters. The first kappa shape index (κ1) is 15.5. The molecule has 1 aromatic carbocycles. The highest BCUT2D eigenvalue weighted by Gasteiger charge is 2.36. The Morgan fingerprint density at radius 3 is 2.52 bits per heavy atom. The summed E-state index contributed by atoms with van der Waals surface area (Å²) in [6.07, 6.45) is -3.24. The van der Waals surface area contributed by atoms with Gasteiger partial charge in [-0.1, -0.05) is 15.9 Å². The lowest BCUT2D eigenvalue weighted by molar-refractivity contribution is -0.137. The van der Waals surface area contributed by atoms with Gasteiger partial charge in [-0.2, -0.15) is 13.2 Å². The topological polar surface area (TPSA) is 56.0 Å². The number of ketones is 1. The van der Waals surface area contributed by atoms with E-state index in [0.29, 0.717) is 5.56 Å². The quantitative estimate of drug-likeness (QED) is 0.826. The predicted octanol–water partition coefficient (Wildman–Crippen LogP) is 3.98. The third kappa shape index (κ3) is 3.07. The van der Waals surface area contributed by atoms with Gasteiger partial charge in [-0.05, 0) is 36.8 Å². The van der Waals surface area contributed by atoms with Crippen molar-refractivity contribution in [2.45, 2.75) is 13.1 Å². The van der Waals surface area contributed by atoms with Gasteiger partial charge in [0.05, 0.1) is 11.1 Å². The molecule has 1 heterocycles. The number of aryl methyl sites for hydroxylation is 1. The molecule has 0 saturated heterocycles. The van der Waals surface area contributed by atoms with E-state index in [-0.39, 0.29) is 15.9 Å². The Balaban J connectivity index is 2.65. The summed E-state index contributed by atoms with van der Waals surface area (Å²) in [6, 6.07) is 4.90. The number of carbonyl (C=O) groups is 1. The molecular formula is C14H10BrF3N2O. The maximum Gasteiger partial charge on any atom is 0.417 e. The number of pyridine rings is 1. The Hall–Kier alpha value is -1.89. The molecule has 1 aromatic heterocycles. The molecule has 0 fully saturated rings. The maximum atomic E-state index is 13.1. The van der Waals surface area contributed by atoms with Crippen molar-refractivity contribution >= 4 is 27.5 Å². The fourth-order valence-corrected chi connectivity index (χ4v) is 2.32. The number of alkyl halides is 3. The van der Waals surface area contributed by atoms with Crippen LogP contribution in [0.5, 0.6) is 0 Å². The summed E-state index contributed by atoms with van der Waals surface area (Å²) in [5, 5.41) is 0.